The minimum absolute atomic E-state index is 0.605. The molecule has 0 saturated carbocycles. The molecule has 0 saturated heterocycles. The minimum Gasteiger partial charge on any atom is -0.486 e. The van der Waals surface area contributed by atoms with E-state index in [1.165, 1.54) is 13.5 Å². The van der Waals surface area contributed by atoms with Crippen molar-refractivity contribution in [3.8, 4) is 6.07 Å². The zero-order valence-corrected chi connectivity index (χ0v) is 6.38. The van der Waals surface area contributed by atoms with E-state index in [-0.39, 0.29) is 0 Å². The second-order valence-electron chi connectivity index (χ2n) is 1.79. The van der Waals surface area contributed by atoms with Gasteiger partial charge in [-0.25, -0.2) is 4.99 Å². The van der Waals surface area contributed by atoms with Crippen LogP contribution >= 0.6 is 0 Å². The molecule has 0 radical (unpaired) electrons. The third kappa shape index (κ3) is 2.88. The first-order valence-corrected chi connectivity index (χ1v) is 2.85. The first-order valence-electron chi connectivity index (χ1n) is 2.85. The van der Waals surface area contributed by atoms with Crippen LogP contribution in [0, 0.1) is 11.3 Å². The Bertz CT molecular complexity index is 198. The van der Waals surface area contributed by atoms with E-state index in [1.807, 2.05) is 6.07 Å². The maximum absolute atomic E-state index is 8.38. The van der Waals surface area contributed by atoms with Gasteiger partial charge in [-0.3, -0.25) is 0 Å². The van der Waals surface area contributed by atoms with Gasteiger partial charge >= 0.3 is 0 Å². The van der Waals surface area contributed by atoms with Crippen molar-refractivity contribution in [2.24, 2.45) is 4.99 Å². The molecule has 0 fully saturated rings. The van der Waals surface area contributed by atoms with Gasteiger partial charge in [0, 0.05) is 5.57 Å². The van der Waals surface area contributed by atoms with Crippen molar-refractivity contribution in [2.75, 3.05) is 7.11 Å². The van der Waals surface area contributed by atoms with E-state index in [2.05, 4.69) is 9.73 Å². The molecule has 0 atom stereocenters. The van der Waals surface area contributed by atoms with Crippen LogP contribution in [0.5, 0.6) is 0 Å². The molecule has 0 aliphatic rings. The summed E-state index contributed by atoms with van der Waals surface area (Å²) < 4.78 is 4.57. The first kappa shape index (κ1) is 8.70. The highest BCUT2D eigenvalue weighted by Crippen LogP contribution is 2.01. The van der Waals surface area contributed by atoms with Crippen molar-refractivity contribution in [3.05, 3.63) is 11.3 Å². The van der Waals surface area contributed by atoms with E-state index < -0.39 is 0 Å². The molecule has 0 amide bonds. The van der Waals surface area contributed by atoms with E-state index >= 15 is 0 Å². The van der Waals surface area contributed by atoms with Crippen LogP contribution in [0.25, 0.3) is 0 Å². The van der Waals surface area contributed by atoms with Crippen LogP contribution in [0.2, 0.25) is 0 Å². The molecule has 0 spiro atoms. The molecule has 0 N–H and O–H groups in total. The lowest BCUT2D eigenvalue weighted by Crippen LogP contribution is -1.80. The Morgan fingerprint density at radius 1 is 1.60 bits per heavy atom. The van der Waals surface area contributed by atoms with E-state index in [9.17, 15) is 0 Å². The zero-order chi connectivity index (χ0) is 7.98. The van der Waals surface area contributed by atoms with Crippen LogP contribution in [0.3, 0.4) is 0 Å². The van der Waals surface area contributed by atoms with Crippen molar-refractivity contribution >= 4 is 6.40 Å². The molecule has 0 heterocycles. The smallest absolute Gasteiger partial charge is 0.173 e. The summed E-state index contributed by atoms with van der Waals surface area (Å²) in [6, 6.07) is 1.98. The Balaban J connectivity index is 4.22. The van der Waals surface area contributed by atoms with Crippen LogP contribution in [-0.4, -0.2) is 13.5 Å². The van der Waals surface area contributed by atoms with Crippen LogP contribution < -0.4 is 0 Å². The Hall–Kier alpha value is -1.30. The molecule has 0 aromatic rings. The molecule has 0 aromatic carbocycles. The Morgan fingerprint density at radius 2 is 2.20 bits per heavy atom. The number of methoxy groups -OCH3 is 1. The maximum Gasteiger partial charge on any atom is 0.173 e. The van der Waals surface area contributed by atoms with Gasteiger partial charge in [-0.1, -0.05) is 0 Å². The highest BCUT2D eigenvalue weighted by Gasteiger charge is 1.89. The summed E-state index contributed by atoms with van der Waals surface area (Å²) in [5, 5.41) is 8.38. The van der Waals surface area contributed by atoms with Crippen molar-refractivity contribution in [2.45, 2.75) is 13.8 Å². The number of ether oxygens (including phenoxy) is 1. The third-order valence-corrected chi connectivity index (χ3v) is 1.06. The number of nitrogens with zero attached hydrogens (tertiary/aromatic N) is 2. The number of rotatable bonds is 2. The van der Waals surface area contributed by atoms with Gasteiger partial charge in [0.05, 0.1) is 18.9 Å². The van der Waals surface area contributed by atoms with Gasteiger partial charge in [0.15, 0.2) is 6.40 Å². The van der Waals surface area contributed by atoms with E-state index in [0.717, 1.165) is 0 Å². The fraction of sp³-hybridized carbons (Fsp3) is 0.429. The van der Waals surface area contributed by atoms with Crippen molar-refractivity contribution < 1.29 is 4.74 Å². The summed E-state index contributed by atoms with van der Waals surface area (Å²) in [4.78, 5) is 3.82. The first-order chi connectivity index (χ1) is 4.72. The molecule has 10 heavy (non-hydrogen) atoms. The fourth-order valence-electron chi connectivity index (χ4n) is 0.309. The maximum atomic E-state index is 8.38. The van der Waals surface area contributed by atoms with E-state index in [1.54, 1.807) is 13.8 Å². The highest BCUT2D eigenvalue weighted by molar-refractivity contribution is 5.49. The summed E-state index contributed by atoms with van der Waals surface area (Å²) in [5.74, 6) is 0. The molecule has 0 unspecified atom stereocenters. The van der Waals surface area contributed by atoms with Crippen molar-refractivity contribution in [1.82, 2.24) is 0 Å². The molecular weight excluding hydrogens is 128 g/mol. The molecule has 0 aromatic heterocycles. The number of hydrogen-bond acceptors (Lipinski definition) is 3. The van der Waals surface area contributed by atoms with Gasteiger partial charge in [-0.2, -0.15) is 5.26 Å². The number of allylic oxidation sites excluding steroid dienone is 2. The normalized spacial score (nSPS) is 12.6. The average Bonchev–Trinajstić information content (AvgIpc) is 1.98. The minimum atomic E-state index is 0.605. The monoisotopic (exact) mass is 138 g/mol. The molecule has 3 heteroatoms. The van der Waals surface area contributed by atoms with Gasteiger partial charge in [-0.15, -0.1) is 0 Å². The predicted molar refractivity (Wildman–Crippen MR) is 39.5 cm³/mol. The largest absolute Gasteiger partial charge is 0.486 e. The molecule has 0 aliphatic carbocycles. The Kier molecular flexibility index (Phi) is 3.97. The molecular formula is C7H10N2O. The number of hydrogen-bond donors (Lipinski definition) is 0. The SMILES string of the molecule is COC=N/C(C)=C(/C)C#N. The summed E-state index contributed by atoms with van der Waals surface area (Å²) in [6.07, 6.45) is 1.30. The lowest BCUT2D eigenvalue weighted by molar-refractivity contribution is 0.422. The second kappa shape index (κ2) is 4.57. The summed E-state index contributed by atoms with van der Waals surface area (Å²) in [6.45, 7) is 3.47. The van der Waals surface area contributed by atoms with Gasteiger partial charge in [0.2, 0.25) is 0 Å². The van der Waals surface area contributed by atoms with Crippen LogP contribution in [0.15, 0.2) is 16.3 Å². The summed E-state index contributed by atoms with van der Waals surface area (Å²) in [7, 11) is 1.51. The van der Waals surface area contributed by atoms with Gasteiger partial charge in [0.1, 0.15) is 0 Å². The Labute approximate surface area is 60.6 Å². The Morgan fingerprint density at radius 3 is 2.60 bits per heavy atom. The topological polar surface area (TPSA) is 45.4 Å². The number of aliphatic imine (C=N–C) groups is 1. The second-order valence-corrected chi connectivity index (χ2v) is 1.79. The zero-order valence-electron chi connectivity index (χ0n) is 6.38. The van der Waals surface area contributed by atoms with Crippen molar-refractivity contribution in [3.63, 3.8) is 0 Å². The fourth-order valence-corrected chi connectivity index (χ4v) is 0.309. The van der Waals surface area contributed by atoms with Crippen LogP contribution in [0.1, 0.15) is 13.8 Å². The third-order valence-electron chi connectivity index (χ3n) is 1.06. The molecule has 0 bridgehead atoms. The molecule has 54 valence electrons. The summed E-state index contributed by atoms with van der Waals surface area (Å²) >= 11 is 0. The van der Waals surface area contributed by atoms with Gasteiger partial charge in [-0.05, 0) is 13.8 Å². The van der Waals surface area contributed by atoms with Gasteiger partial charge in [0.25, 0.3) is 0 Å². The predicted octanol–water partition coefficient (Wildman–Crippen LogP) is 1.48. The standard InChI is InChI=1S/C7H10N2O/c1-6(4-8)7(2)9-5-10-3/h5H,1-3H3/b7-6-,9-5?. The van der Waals surface area contributed by atoms with E-state index in [4.69, 9.17) is 5.26 Å². The van der Waals surface area contributed by atoms with Crippen LogP contribution in [-0.2, 0) is 4.74 Å². The quantitative estimate of drug-likeness (QED) is 0.329. The molecule has 0 aliphatic heterocycles. The lowest BCUT2D eigenvalue weighted by atomic mass is 10.3. The molecule has 0 rings (SSSR count). The van der Waals surface area contributed by atoms with Crippen LogP contribution in [0.4, 0.5) is 0 Å². The molecule has 3 nitrogen and oxygen atoms in total. The van der Waals surface area contributed by atoms with E-state index in [0.29, 0.717) is 11.3 Å². The summed E-state index contributed by atoms with van der Waals surface area (Å²) in [5.41, 5.74) is 1.29. The number of nitriles is 1. The van der Waals surface area contributed by atoms with Gasteiger partial charge < -0.3 is 4.74 Å². The highest BCUT2D eigenvalue weighted by atomic mass is 16.5. The average molecular weight is 138 g/mol. The van der Waals surface area contributed by atoms with Crippen molar-refractivity contribution in [1.29, 1.82) is 5.26 Å². The lowest BCUT2D eigenvalue weighted by Gasteiger charge is -1.90.